The lowest BCUT2D eigenvalue weighted by Crippen LogP contribution is -2.60. The van der Waals surface area contributed by atoms with Crippen LogP contribution in [0.2, 0.25) is 10.1 Å². The summed E-state index contributed by atoms with van der Waals surface area (Å²) in [6, 6.07) is 1.81. The van der Waals surface area contributed by atoms with Gasteiger partial charge >= 0.3 is 8.41 Å². The minimum absolute atomic E-state index is 0.260. The molecule has 0 saturated heterocycles. The summed E-state index contributed by atoms with van der Waals surface area (Å²) >= 11 is 0. The molecule has 0 saturated carbocycles. The van der Waals surface area contributed by atoms with Gasteiger partial charge in [-0.2, -0.15) is 5.10 Å². The molecule has 0 amide bonds. The molecule has 1 aromatic rings. The molecule has 0 radical (unpaired) electrons. The fourth-order valence-corrected chi connectivity index (χ4v) is 7.48. The molecular formula is C15H29FN2O2Si. The number of methoxy groups -OCH3 is 1. The lowest BCUT2D eigenvalue weighted by molar-refractivity contribution is 0.0300. The van der Waals surface area contributed by atoms with E-state index in [1.165, 1.54) is 0 Å². The molecular weight excluding hydrogens is 287 g/mol. The lowest BCUT2D eigenvalue weighted by atomic mass is 10.2. The summed E-state index contributed by atoms with van der Waals surface area (Å²) in [6.45, 7) is 13.1. The van der Waals surface area contributed by atoms with Crippen molar-refractivity contribution < 1.29 is 13.6 Å². The zero-order chi connectivity index (χ0) is 16.3. The SMILES string of the molecule is COCCOCn1nccc1[Si](F)(C(C)(C)C)C(C)(C)C. The van der Waals surface area contributed by atoms with Crippen LogP contribution in [0.15, 0.2) is 12.3 Å². The predicted octanol–water partition coefficient (Wildman–Crippen LogP) is 3.23. The van der Waals surface area contributed by atoms with E-state index in [-0.39, 0.29) is 6.73 Å². The van der Waals surface area contributed by atoms with E-state index in [4.69, 9.17) is 9.47 Å². The van der Waals surface area contributed by atoms with Crippen LogP contribution in [0.25, 0.3) is 0 Å². The van der Waals surface area contributed by atoms with Crippen molar-refractivity contribution >= 4 is 13.7 Å². The minimum atomic E-state index is -3.30. The Bertz CT molecular complexity index is 435. The van der Waals surface area contributed by atoms with Crippen molar-refractivity contribution in [2.75, 3.05) is 20.3 Å². The number of hydrogen-bond acceptors (Lipinski definition) is 3. The number of nitrogens with zero attached hydrogens (tertiary/aromatic N) is 2. The van der Waals surface area contributed by atoms with Crippen LogP contribution in [-0.2, 0) is 16.2 Å². The Balaban J connectivity index is 3.09. The summed E-state index contributed by atoms with van der Waals surface area (Å²) in [4.78, 5) is 0. The van der Waals surface area contributed by atoms with Crippen LogP contribution in [0.4, 0.5) is 4.11 Å². The molecule has 1 rings (SSSR count). The normalized spacial score (nSPS) is 13.7. The summed E-state index contributed by atoms with van der Waals surface area (Å²) < 4.78 is 28.3. The second-order valence-corrected chi connectivity index (χ2v) is 12.2. The van der Waals surface area contributed by atoms with Crippen molar-refractivity contribution in [3.8, 4) is 0 Å². The standard InChI is InChI=1S/C15H29FN2O2Si/c1-14(2,3)21(16,15(4,5)6)13-8-9-17-18(13)12-20-11-10-19-7/h8-9H,10-12H2,1-7H3. The Morgan fingerprint density at radius 3 is 2.19 bits per heavy atom. The van der Waals surface area contributed by atoms with E-state index in [1.807, 2.05) is 47.6 Å². The first kappa shape index (κ1) is 18.3. The van der Waals surface area contributed by atoms with Gasteiger partial charge < -0.3 is 13.6 Å². The maximum Gasteiger partial charge on any atom is 0.305 e. The fraction of sp³-hybridized carbons (Fsp3) is 0.800. The van der Waals surface area contributed by atoms with E-state index >= 15 is 4.11 Å². The van der Waals surface area contributed by atoms with E-state index in [2.05, 4.69) is 5.10 Å². The van der Waals surface area contributed by atoms with Crippen LogP contribution in [-0.4, -0.2) is 38.5 Å². The summed E-state index contributed by atoms with van der Waals surface area (Å²) in [6.07, 6.45) is 1.66. The average molecular weight is 316 g/mol. The Morgan fingerprint density at radius 1 is 1.14 bits per heavy atom. The van der Waals surface area contributed by atoms with Crippen molar-refractivity contribution in [1.82, 2.24) is 9.78 Å². The molecule has 1 aromatic heterocycles. The molecule has 0 aliphatic carbocycles. The molecule has 6 heteroatoms. The van der Waals surface area contributed by atoms with Crippen LogP contribution in [0.3, 0.4) is 0 Å². The molecule has 0 N–H and O–H groups in total. The number of halogens is 1. The minimum Gasteiger partial charge on any atom is -0.382 e. The summed E-state index contributed by atoms with van der Waals surface area (Å²) in [5.74, 6) is 0. The second kappa shape index (κ2) is 6.58. The highest BCUT2D eigenvalue weighted by Crippen LogP contribution is 2.51. The van der Waals surface area contributed by atoms with Crippen LogP contribution >= 0.6 is 0 Å². The van der Waals surface area contributed by atoms with Gasteiger partial charge in [0.1, 0.15) is 6.73 Å². The Labute approximate surface area is 128 Å². The van der Waals surface area contributed by atoms with Crippen molar-refractivity contribution in [3.63, 3.8) is 0 Å². The van der Waals surface area contributed by atoms with Gasteiger partial charge in [0, 0.05) is 13.3 Å². The van der Waals surface area contributed by atoms with Gasteiger partial charge in [0.05, 0.1) is 18.5 Å². The van der Waals surface area contributed by atoms with Crippen LogP contribution in [0, 0.1) is 0 Å². The molecule has 0 atom stereocenters. The number of rotatable bonds is 6. The number of ether oxygens (including phenoxy) is 2. The van der Waals surface area contributed by atoms with E-state index in [0.29, 0.717) is 18.5 Å². The van der Waals surface area contributed by atoms with Gasteiger partial charge in [0.25, 0.3) is 0 Å². The maximum atomic E-state index is 16.2. The van der Waals surface area contributed by atoms with E-state index in [1.54, 1.807) is 18.0 Å². The Morgan fingerprint density at radius 2 is 1.71 bits per heavy atom. The third-order valence-electron chi connectivity index (χ3n) is 3.78. The topological polar surface area (TPSA) is 36.3 Å². The highest BCUT2D eigenvalue weighted by molar-refractivity contribution is 6.90. The Hall–Kier alpha value is -0.723. The zero-order valence-electron chi connectivity index (χ0n) is 14.4. The first-order chi connectivity index (χ1) is 9.55. The molecule has 122 valence electrons. The van der Waals surface area contributed by atoms with Crippen molar-refractivity contribution in [2.24, 2.45) is 0 Å². The molecule has 4 nitrogen and oxygen atoms in total. The van der Waals surface area contributed by atoms with Gasteiger partial charge in [0.15, 0.2) is 0 Å². The zero-order valence-corrected chi connectivity index (χ0v) is 15.4. The molecule has 1 heterocycles. The maximum absolute atomic E-state index is 16.2. The van der Waals surface area contributed by atoms with Gasteiger partial charge in [-0.05, 0) is 16.1 Å². The van der Waals surface area contributed by atoms with Crippen LogP contribution < -0.4 is 5.32 Å². The van der Waals surface area contributed by atoms with Crippen molar-refractivity contribution in [1.29, 1.82) is 0 Å². The van der Waals surface area contributed by atoms with Gasteiger partial charge in [-0.1, -0.05) is 41.5 Å². The highest BCUT2D eigenvalue weighted by atomic mass is 28.4. The molecule has 0 fully saturated rings. The lowest BCUT2D eigenvalue weighted by Gasteiger charge is -2.44. The summed E-state index contributed by atoms with van der Waals surface area (Å²) in [7, 11) is -1.67. The van der Waals surface area contributed by atoms with Gasteiger partial charge in [-0.3, -0.25) is 0 Å². The highest BCUT2D eigenvalue weighted by Gasteiger charge is 2.58. The first-order valence-corrected chi connectivity index (χ1v) is 9.21. The van der Waals surface area contributed by atoms with Gasteiger partial charge in [-0.15, -0.1) is 0 Å². The largest absolute Gasteiger partial charge is 0.382 e. The summed E-state index contributed by atoms with van der Waals surface area (Å²) in [5, 5.41) is 4.10. The van der Waals surface area contributed by atoms with Gasteiger partial charge in [0.2, 0.25) is 0 Å². The third kappa shape index (κ3) is 3.73. The average Bonchev–Trinajstić information content (AvgIpc) is 2.79. The molecule has 0 aliphatic rings. The Kier molecular flexibility index (Phi) is 5.74. The van der Waals surface area contributed by atoms with Crippen molar-refractivity contribution in [2.45, 2.75) is 58.3 Å². The van der Waals surface area contributed by atoms with Crippen LogP contribution in [0.1, 0.15) is 41.5 Å². The molecule has 0 spiro atoms. The molecule has 0 aliphatic heterocycles. The second-order valence-electron chi connectivity index (χ2n) is 7.40. The summed E-state index contributed by atoms with van der Waals surface area (Å²) in [5.41, 5.74) is 0. The molecule has 0 bridgehead atoms. The van der Waals surface area contributed by atoms with Gasteiger partial charge in [-0.25, -0.2) is 4.68 Å². The smallest absolute Gasteiger partial charge is 0.305 e. The monoisotopic (exact) mass is 316 g/mol. The number of hydrogen-bond donors (Lipinski definition) is 0. The predicted molar refractivity (Wildman–Crippen MR) is 86.0 cm³/mol. The number of aromatic nitrogens is 2. The van der Waals surface area contributed by atoms with Crippen molar-refractivity contribution in [3.05, 3.63) is 12.3 Å². The first-order valence-electron chi connectivity index (χ1n) is 7.33. The third-order valence-corrected chi connectivity index (χ3v) is 9.05. The molecule has 21 heavy (non-hydrogen) atoms. The van der Waals surface area contributed by atoms with E-state index < -0.39 is 18.5 Å². The fourth-order valence-electron chi connectivity index (χ4n) is 2.91. The quantitative estimate of drug-likeness (QED) is 0.459. The van der Waals surface area contributed by atoms with E-state index in [0.717, 1.165) is 0 Å². The molecule has 0 unspecified atom stereocenters. The van der Waals surface area contributed by atoms with E-state index in [9.17, 15) is 0 Å². The molecule has 0 aromatic carbocycles. The van der Waals surface area contributed by atoms with Crippen LogP contribution in [0.5, 0.6) is 0 Å².